The zero-order chi connectivity index (χ0) is 12.7. The molecule has 0 amide bonds. The molecule has 0 bridgehead atoms. The van der Waals surface area contributed by atoms with Crippen LogP contribution in [0.5, 0.6) is 0 Å². The Bertz CT molecular complexity index is 681. The molecule has 0 atom stereocenters. The maximum atomic E-state index is 12.0. The Hall–Kier alpha value is -1.90. The van der Waals surface area contributed by atoms with E-state index in [0.717, 1.165) is 27.6 Å². The van der Waals surface area contributed by atoms with E-state index in [1.54, 1.807) is 11.6 Å². The number of pyridine rings is 1. The van der Waals surface area contributed by atoms with Gasteiger partial charge in [0.1, 0.15) is 0 Å². The summed E-state index contributed by atoms with van der Waals surface area (Å²) >= 11 is 0. The molecule has 0 fully saturated rings. The second-order valence-electron chi connectivity index (χ2n) is 4.50. The molecule has 0 radical (unpaired) electrons. The molecule has 1 aromatic heterocycles. The summed E-state index contributed by atoms with van der Waals surface area (Å²) in [5.41, 5.74) is 3.89. The number of nitrogens with zero attached hydrogens (tertiary/aromatic N) is 1. The maximum Gasteiger partial charge on any atom is 0.261 e. The first-order chi connectivity index (χ1) is 7.97. The van der Waals surface area contributed by atoms with Crippen molar-refractivity contribution in [3.8, 4) is 0 Å². The second kappa shape index (κ2) is 3.84. The minimum Gasteiger partial charge on any atom is -0.310 e. The number of hydrogen-bond acceptors (Lipinski definition) is 2. The van der Waals surface area contributed by atoms with Gasteiger partial charge in [0, 0.05) is 12.4 Å². The van der Waals surface area contributed by atoms with Gasteiger partial charge in [-0.15, -0.1) is 0 Å². The zero-order valence-electron chi connectivity index (χ0n) is 10.5. The number of aryl methyl sites for hydroxylation is 4. The fraction of sp³-hybridized carbons (Fsp3) is 0.286. The first-order valence-electron chi connectivity index (χ1n) is 5.53. The Kier molecular flexibility index (Phi) is 2.62. The van der Waals surface area contributed by atoms with E-state index in [-0.39, 0.29) is 11.1 Å². The summed E-state index contributed by atoms with van der Waals surface area (Å²) in [4.78, 5) is 23.0. The lowest BCUT2D eigenvalue weighted by Crippen LogP contribution is -2.23. The second-order valence-corrected chi connectivity index (χ2v) is 4.50. The summed E-state index contributed by atoms with van der Waals surface area (Å²) in [6.45, 7) is 5.82. The van der Waals surface area contributed by atoms with Crippen molar-refractivity contribution >= 4 is 17.2 Å². The summed E-state index contributed by atoms with van der Waals surface area (Å²) in [7, 11) is 1.71. The van der Waals surface area contributed by atoms with Gasteiger partial charge in [-0.25, -0.2) is 0 Å². The van der Waals surface area contributed by atoms with E-state index in [0.29, 0.717) is 6.29 Å². The van der Waals surface area contributed by atoms with Crippen LogP contribution in [0.25, 0.3) is 10.9 Å². The number of aldehydes is 1. The van der Waals surface area contributed by atoms with Crippen LogP contribution in [0.15, 0.2) is 16.9 Å². The Morgan fingerprint density at radius 3 is 2.41 bits per heavy atom. The van der Waals surface area contributed by atoms with E-state index in [9.17, 15) is 9.59 Å². The number of carbonyl (C=O) groups is 1. The van der Waals surface area contributed by atoms with Crippen molar-refractivity contribution < 1.29 is 4.79 Å². The van der Waals surface area contributed by atoms with Crippen LogP contribution in [-0.2, 0) is 7.05 Å². The molecule has 0 N–H and O–H groups in total. The fourth-order valence-electron chi connectivity index (χ4n) is 2.42. The van der Waals surface area contributed by atoms with Gasteiger partial charge in [0.2, 0.25) is 0 Å². The van der Waals surface area contributed by atoms with E-state index < -0.39 is 0 Å². The average molecular weight is 229 g/mol. The van der Waals surface area contributed by atoms with Crippen LogP contribution in [0.2, 0.25) is 0 Å². The van der Waals surface area contributed by atoms with Gasteiger partial charge in [-0.05, 0) is 38.0 Å². The minimum atomic E-state index is -0.225. The van der Waals surface area contributed by atoms with Crippen LogP contribution in [0.3, 0.4) is 0 Å². The van der Waals surface area contributed by atoms with Crippen molar-refractivity contribution in [3.05, 3.63) is 44.7 Å². The minimum absolute atomic E-state index is 0.225. The normalized spacial score (nSPS) is 10.8. The van der Waals surface area contributed by atoms with Gasteiger partial charge >= 0.3 is 0 Å². The third-order valence-electron chi connectivity index (χ3n) is 3.24. The summed E-state index contributed by atoms with van der Waals surface area (Å²) in [5, 5.41) is 0.978. The smallest absolute Gasteiger partial charge is 0.261 e. The molecule has 88 valence electrons. The lowest BCUT2D eigenvalue weighted by molar-refractivity contribution is 0.112. The van der Waals surface area contributed by atoms with Crippen molar-refractivity contribution in [2.75, 3.05) is 0 Å². The zero-order valence-corrected chi connectivity index (χ0v) is 10.5. The Morgan fingerprint density at radius 2 is 1.82 bits per heavy atom. The quantitative estimate of drug-likeness (QED) is 0.704. The van der Waals surface area contributed by atoms with Gasteiger partial charge in [0.05, 0.1) is 11.1 Å². The summed E-state index contributed by atoms with van der Waals surface area (Å²) in [6.07, 6.45) is 0.648. The van der Waals surface area contributed by atoms with Crippen molar-refractivity contribution in [3.63, 3.8) is 0 Å². The van der Waals surface area contributed by atoms with Crippen LogP contribution < -0.4 is 5.56 Å². The molecular formula is C14H15NO2. The van der Waals surface area contributed by atoms with Crippen LogP contribution >= 0.6 is 0 Å². The number of aromatic nitrogens is 1. The van der Waals surface area contributed by atoms with Gasteiger partial charge in [-0.1, -0.05) is 11.6 Å². The van der Waals surface area contributed by atoms with Crippen LogP contribution in [0.1, 0.15) is 27.0 Å². The van der Waals surface area contributed by atoms with E-state index >= 15 is 0 Å². The number of rotatable bonds is 1. The monoisotopic (exact) mass is 229 g/mol. The van der Waals surface area contributed by atoms with Gasteiger partial charge in [-0.2, -0.15) is 0 Å². The lowest BCUT2D eigenvalue weighted by Gasteiger charge is -2.13. The van der Waals surface area contributed by atoms with Crippen molar-refractivity contribution in [2.45, 2.75) is 20.8 Å². The average Bonchev–Trinajstić information content (AvgIpc) is 2.26. The molecule has 0 unspecified atom stereocenters. The molecule has 0 saturated heterocycles. The fourth-order valence-corrected chi connectivity index (χ4v) is 2.42. The van der Waals surface area contributed by atoms with Crippen LogP contribution in [-0.4, -0.2) is 10.9 Å². The van der Waals surface area contributed by atoms with Gasteiger partial charge in [0.25, 0.3) is 5.56 Å². The van der Waals surface area contributed by atoms with Gasteiger partial charge < -0.3 is 4.57 Å². The summed E-state index contributed by atoms with van der Waals surface area (Å²) < 4.78 is 1.56. The molecular weight excluding hydrogens is 214 g/mol. The number of hydrogen-bond donors (Lipinski definition) is 0. The van der Waals surface area contributed by atoms with E-state index in [1.807, 2.05) is 32.9 Å². The first-order valence-corrected chi connectivity index (χ1v) is 5.53. The lowest BCUT2D eigenvalue weighted by atomic mass is 10.00. The molecule has 0 spiro atoms. The topological polar surface area (TPSA) is 39.1 Å². The third-order valence-corrected chi connectivity index (χ3v) is 3.24. The molecule has 2 rings (SSSR count). The molecule has 0 saturated carbocycles. The SMILES string of the molecule is Cc1cc(C)c2c(c1)c(C)c(C=O)c(=O)n2C. The molecule has 2 aromatic rings. The molecule has 3 nitrogen and oxygen atoms in total. The highest BCUT2D eigenvalue weighted by atomic mass is 16.1. The van der Waals surface area contributed by atoms with E-state index in [1.165, 1.54) is 0 Å². The molecule has 0 aliphatic carbocycles. The number of fused-ring (bicyclic) bond motifs is 1. The predicted molar refractivity (Wildman–Crippen MR) is 68.8 cm³/mol. The maximum absolute atomic E-state index is 12.0. The Morgan fingerprint density at radius 1 is 1.18 bits per heavy atom. The molecule has 0 aliphatic heterocycles. The Balaban J connectivity index is 3.15. The first kappa shape index (κ1) is 11.6. The highest BCUT2D eigenvalue weighted by Crippen LogP contribution is 2.23. The summed E-state index contributed by atoms with van der Waals surface area (Å²) in [5.74, 6) is 0. The van der Waals surface area contributed by atoms with E-state index in [4.69, 9.17) is 0 Å². The Labute approximate surface area is 99.7 Å². The predicted octanol–water partition coefficient (Wildman–Crippen LogP) is 2.28. The number of benzene rings is 1. The highest BCUT2D eigenvalue weighted by molar-refractivity contribution is 5.92. The van der Waals surface area contributed by atoms with Crippen LogP contribution in [0, 0.1) is 20.8 Å². The number of carbonyl (C=O) groups excluding carboxylic acids is 1. The van der Waals surface area contributed by atoms with Crippen molar-refractivity contribution in [1.82, 2.24) is 4.57 Å². The van der Waals surface area contributed by atoms with Crippen molar-refractivity contribution in [2.24, 2.45) is 7.05 Å². The van der Waals surface area contributed by atoms with Gasteiger partial charge in [0.15, 0.2) is 6.29 Å². The van der Waals surface area contributed by atoms with E-state index in [2.05, 4.69) is 0 Å². The standard InChI is InChI=1S/C14H15NO2/c1-8-5-9(2)13-11(6-8)10(3)12(7-16)14(17)15(13)4/h5-7H,1-4H3. The largest absolute Gasteiger partial charge is 0.310 e. The molecule has 17 heavy (non-hydrogen) atoms. The summed E-state index contributed by atoms with van der Waals surface area (Å²) in [6, 6.07) is 4.06. The molecule has 0 aliphatic rings. The van der Waals surface area contributed by atoms with Crippen LogP contribution in [0.4, 0.5) is 0 Å². The third kappa shape index (κ3) is 1.58. The molecule has 1 heterocycles. The van der Waals surface area contributed by atoms with Crippen molar-refractivity contribution in [1.29, 1.82) is 0 Å². The highest BCUT2D eigenvalue weighted by Gasteiger charge is 2.13. The van der Waals surface area contributed by atoms with Gasteiger partial charge in [-0.3, -0.25) is 9.59 Å². The molecule has 3 heteroatoms. The molecule has 1 aromatic carbocycles.